The summed E-state index contributed by atoms with van der Waals surface area (Å²) >= 11 is 0. The first-order valence-corrected chi connectivity index (χ1v) is 5.84. The van der Waals surface area contributed by atoms with Gasteiger partial charge in [-0.05, 0) is 32.0 Å². The topological polar surface area (TPSA) is 42.4 Å². The third kappa shape index (κ3) is 3.17. The highest BCUT2D eigenvalue weighted by molar-refractivity contribution is 5.79. The summed E-state index contributed by atoms with van der Waals surface area (Å²) in [6.45, 7) is 3.72. The Hall–Kier alpha value is -1.61. The third-order valence-corrected chi connectivity index (χ3v) is 2.59. The molecule has 90 valence electrons. The molecule has 2 rings (SSSR count). The largest absolute Gasteiger partial charge is 0.491 e. The molecule has 1 heterocycles. The number of aromatic nitrogens is 1. The lowest BCUT2D eigenvalue weighted by atomic mass is 10.2. The molecule has 17 heavy (non-hydrogen) atoms. The van der Waals surface area contributed by atoms with Gasteiger partial charge in [0.15, 0.2) is 0 Å². The maximum Gasteiger partial charge on any atom is 0.121 e. The summed E-state index contributed by atoms with van der Waals surface area (Å²) in [5, 5.41) is 10.4. The summed E-state index contributed by atoms with van der Waals surface area (Å²) in [7, 11) is 0. The lowest BCUT2D eigenvalue weighted by Gasteiger charge is -2.16. The first-order valence-electron chi connectivity index (χ1n) is 5.84. The Morgan fingerprint density at radius 3 is 2.88 bits per heavy atom. The highest BCUT2D eigenvalue weighted by atomic mass is 16.5. The second-order valence-corrected chi connectivity index (χ2v) is 4.37. The minimum absolute atomic E-state index is 0.00355. The van der Waals surface area contributed by atoms with Crippen LogP contribution in [0.5, 0.6) is 5.75 Å². The molecule has 3 heteroatoms. The van der Waals surface area contributed by atoms with Crippen LogP contribution in [0.4, 0.5) is 0 Å². The van der Waals surface area contributed by atoms with E-state index in [9.17, 15) is 5.11 Å². The number of nitrogens with zero attached hydrogens (tertiary/aromatic N) is 1. The second-order valence-electron chi connectivity index (χ2n) is 4.37. The molecule has 0 aliphatic carbocycles. The molecule has 2 aromatic rings. The first-order chi connectivity index (χ1) is 8.15. The Bertz CT molecular complexity index is 496. The molecule has 1 N–H and O–H groups in total. The zero-order valence-electron chi connectivity index (χ0n) is 10.1. The van der Waals surface area contributed by atoms with Crippen LogP contribution in [0.3, 0.4) is 0 Å². The van der Waals surface area contributed by atoms with Gasteiger partial charge in [0.2, 0.25) is 0 Å². The lowest BCUT2D eigenvalue weighted by Crippen LogP contribution is -2.18. The number of ether oxygens (including phenoxy) is 1. The van der Waals surface area contributed by atoms with Gasteiger partial charge in [-0.25, -0.2) is 0 Å². The van der Waals surface area contributed by atoms with Crippen molar-refractivity contribution in [2.75, 3.05) is 0 Å². The molecule has 0 fully saturated rings. The Balaban J connectivity index is 2.14. The fraction of sp³-hybridized carbons (Fsp3) is 0.357. The Morgan fingerprint density at radius 1 is 1.29 bits per heavy atom. The van der Waals surface area contributed by atoms with Gasteiger partial charge in [-0.2, -0.15) is 0 Å². The quantitative estimate of drug-likeness (QED) is 0.879. The highest BCUT2D eigenvalue weighted by Crippen LogP contribution is 2.20. The number of hydrogen-bond acceptors (Lipinski definition) is 3. The van der Waals surface area contributed by atoms with Gasteiger partial charge >= 0.3 is 0 Å². The van der Waals surface area contributed by atoms with Crippen LogP contribution in [0, 0.1) is 0 Å². The first kappa shape index (κ1) is 11.9. The van der Waals surface area contributed by atoms with Crippen molar-refractivity contribution in [3.63, 3.8) is 0 Å². The fourth-order valence-electron chi connectivity index (χ4n) is 1.88. The molecule has 0 amide bonds. The van der Waals surface area contributed by atoms with Crippen LogP contribution < -0.4 is 4.74 Å². The predicted octanol–water partition coefficient (Wildman–Crippen LogP) is 2.77. The van der Waals surface area contributed by atoms with E-state index in [1.807, 2.05) is 37.3 Å². The maximum atomic E-state index is 9.28. The van der Waals surface area contributed by atoms with Gasteiger partial charge in [-0.3, -0.25) is 4.98 Å². The van der Waals surface area contributed by atoms with Crippen molar-refractivity contribution in [2.24, 2.45) is 0 Å². The standard InChI is InChI=1S/C14H17NO2/c1-10(16)8-11(2)17-13-6-5-12-4-3-7-15-14(12)9-13/h3-7,9-11,16H,8H2,1-2H3. The second kappa shape index (κ2) is 5.15. The number of rotatable bonds is 4. The smallest absolute Gasteiger partial charge is 0.121 e. The van der Waals surface area contributed by atoms with Gasteiger partial charge < -0.3 is 9.84 Å². The van der Waals surface area contributed by atoms with Crippen LogP contribution in [-0.4, -0.2) is 22.3 Å². The van der Waals surface area contributed by atoms with Gasteiger partial charge in [-0.1, -0.05) is 6.07 Å². The van der Waals surface area contributed by atoms with Crippen molar-refractivity contribution in [1.29, 1.82) is 0 Å². The molecule has 0 radical (unpaired) electrons. The van der Waals surface area contributed by atoms with Crippen LogP contribution in [0.25, 0.3) is 10.9 Å². The zero-order valence-corrected chi connectivity index (χ0v) is 10.1. The molecular formula is C14H17NO2. The molecule has 1 aromatic heterocycles. The van der Waals surface area contributed by atoms with E-state index in [4.69, 9.17) is 4.74 Å². The number of aliphatic hydroxyl groups excluding tert-OH is 1. The summed E-state index contributed by atoms with van der Waals surface area (Å²) in [5.74, 6) is 0.796. The van der Waals surface area contributed by atoms with Crippen LogP contribution in [0.2, 0.25) is 0 Å². The summed E-state index contributed by atoms with van der Waals surface area (Å²) in [6.07, 6.45) is 2.05. The van der Waals surface area contributed by atoms with Gasteiger partial charge in [0, 0.05) is 24.1 Å². The minimum Gasteiger partial charge on any atom is -0.491 e. The van der Waals surface area contributed by atoms with Crippen molar-refractivity contribution >= 4 is 10.9 Å². The minimum atomic E-state index is -0.344. The summed E-state index contributed by atoms with van der Waals surface area (Å²) in [4.78, 5) is 4.28. The molecule has 0 bridgehead atoms. The Kier molecular flexibility index (Phi) is 3.59. The van der Waals surface area contributed by atoms with Gasteiger partial charge in [0.25, 0.3) is 0 Å². The van der Waals surface area contributed by atoms with E-state index in [1.165, 1.54) is 0 Å². The van der Waals surface area contributed by atoms with E-state index >= 15 is 0 Å². The van der Waals surface area contributed by atoms with E-state index in [0.29, 0.717) is 6.42 Å². The molecule has 0 aliphatic heterocycles. The number of benzene rings is 1. The number of fused-ring (bicyclic) bond motifs is 1. The molecule has 1 aromatic carbocycles. The summed E-state index contributed by atoms with van der Waals surface area (Å²) in [6, 6.07) is 9.79. The van der Waals surface area contributed by atoms with Crippen molar-refractivity contribution in [3.8, 4) is 5.75 Å². The van der Waals surface area contributed by atoms with Crippen molar-refractivity contribution in [2.45, 2.75) is 32.5 Å². The molecule has 0 saturated heterocycles. The SMILES string of the molecule is CC(O)CC(C)Oc1ccc2cccnc2c1. The molecule has 3 nitrogen and oxygen atoms in total. The molecular weight excluding hydrogens is 214 g/mol. The van der Waals surface area contributed by atoms with Crippen LogP contribution in [-0.2, 0) is 0 Å². The Labute approximate surface area is 101 Å². The van der Waals surface area contributed by atoms with E-state index in [0.717, 1.165) is 16.7 Å². The van der Waals surface area contributed by atoms with E-state index < -0.39 is 0 Å². The lowest BCUT2D eigenvalue weighted by molar-refractivity contribution is 0.115. The maximum absolute atomic E-state index is 9.28. The molecule has 0 aliphatic rings. The monoisotopic (exact) mass is 231 g/mol. The van der Waals surface area contributed by atoms with Crippen molar-refractivity contribution < 1.29 is 9.84 Å². The third-order valence-electron chi connectivity index (χ3n) is 2.59. The highest BCUT2D eigenvalue weighted by Gasteiger charge is 2.08. The zero-order chi connectivity index (χ0) is 12.3. The number of aliphatic hydroxyl groups is 1. The summed E-state index contributed by atoms with van der Waals surface area (Å²) in [5.41, 5.74) is 0.925. The average molecular weight is 231 g/mol. The van der Waals surface area contributed by atoms with Gasteiger partial charge in [0.1, 0.15) is 5.75 Å². The number of hydrogen-bond donors (Lipinski definition) is 1. The fourth-order valence-corrected chi connectivity index (χ4v) is 1.88. The van der Waals surface area contributed by atoms with Crippen LogP contribution >= 0.6 is 0 Å². The Morgan fingerprint density at radius 2 is 2.12 bits per heavy atom. The van der Waals surface area contributed by atoms with E-state index in [1.54, 1.807) is 13.1 Å². The van der Waals surface area contributed by atoms with E-state index in [-0.39, 0.29) is 12.2 Å². The molecule has 0 saturated carbocycles. The summed E-state index contributed by atoms with van der Waals surface area (Å²) < 4.78 is 5.73. The van der Waals surface area contributed by atoms with Gasteiger partial charge in [-0.15, -0.1) is 0 Å². The van der Waals surface area contributed by atoms with Crippen molar-refractivity contribution in [1.82, 2.24) is 4.98 Å². The van der Waals surface area contributed by atoms with Crippen molar-refractivity contribution in [3.05, 3.63) is 36.5 Å². The average Bonchev–Trinajstić information content (AvgIpc) is 2.27. The van der Waals surface area contributed by atoms with E-state index in [2.05, 4.69) is 4.98 Å². The number of pyridine rings is 1. The van der Waals surface area contributed by atoms with Crippen LogP contribution in [0.1, 0.15) is 20.3 Å². The van der Waals surface area contributed by atoms with Gasteiger partial charge in [0.05, 0.1) is 17.7 Å². The molecule has 2 unspecified atom stereocenters. The molecule has 2 atom stereocenters. The van der Waals surface area contributed by atoms with Crippen LogP contribution in [0.15, 0.2) is 36.5 Å². The normalized spacial score (nSPS) is 14.5. The predicted molar refractivity (Wildman–Crippen MR) is 68.1 cm³/mol. The molecule has 0 spiro atoms.